The molecule has 6 nitrogen and oxygen atoms in total. The summed E-state index contributed by atoms with van der Waals surface area (Å²) in [6.45, 7) is 3.10. The molecule has 1 aliphatic carbocycles. The van der Waals surface area contributed by atoms with Crippen LogP contribution in [0.4, 0.5) is 0 Å². The molecule has 2 unspecified atom stereocenters. The first-order valence-corrected chi connectivity index (χ1v) is 6.77. The highest BCUT2D eigenvalue weighted by atomic mass is 16.5. The fourth-order valence-electron chi connectivity index (χ4n) is 3.10. The van der Waals surface area contributed by atoms with Crippen LogP contribution in [0.25, 0.3) is 0 Å². The summed E-state index contributed by atoms with van der Waals surface area (Å²) in [5.41, 5.74) is 0. The molecule has 19 heavy (non-hydrogen) atoms. The van der Waals surface area contributed by atoms with Crippen molar-refractivity contribution in [3.05, 3.63) is 0 Å². The third-order valence-corrected chi connectivity index (χ3v) is 4.09. The molecule has 1 aliphatic heterocycles. The van der Waals surface area contributed by atoms with E-state index in [0.29, 0.717) is 32.5 Å². The number of aliphatic hydroxyl groups is 1. The number of carbonyl (C=O) groups excluding carboxylic acids is 1. The Morgan fingerprint density at radius 1 is 1.32 bits per heavy atom. The average molecular weight is 271 g/mol. The summed E-state index contributed by atoms with van der Waals surface area (Å²) in [5.74, 6) is -1.71. The maximum atomic E-state index is 12.4. The molecule has 1 amide bonds. The maximum absolute atomic E-state index is 12.4. The molecule has 0 aromatic carbocycles. The van der Waals surface area contributed by atoms with Gasteiger partial charge in [-0.3, -0.25) is 9.59 Å². The maximum Gasteiger partial charge on any atom is 0.307 e. The van der Waals surface area contributed by atoms with Crippen molar-refractivity contribution in [1.82, 2.24) is 4.90 Å². The highest BCUT2D eigenvalue weighted by Crippen LogP contribution is 2.37. The first kappa shape index (κ1) is 14.3. The van der Waals surface area contributed by atoms with Crippen LogP contribution in [-0.2, 0) is 14.3 Å². The number of rotatable bonds is 3. The second-order valence-electron chi connectivity index (χ2n) is 5.59. The number of hydrogen-bond donors (Lipinski definition) is 2. The molecule has 1 heterocycles. The molecule has 0 aromatic rings. The van der Waals surface area contributed by atoms with Crippen molar-refractivity contribution in [3.63, 3.8) is 0 Å². The molecule has 2 fully saturated rings. The summed E-state index contributed by atoms with van der Waals surface area (Å²) in [5, 5.41) is 18.3. The van der Waals surface area contributed by atoms with Crippen LogP contribution in [0.2, 0.25) is 0 Å². The molecule has 0 aromatic heterocycles. The Hall–Kier alpha value is -1.14. The SMILES string of the molecule is CC1C[C@H](C(=O)N2CCOC(CO)C2)[C@H](C(=O)O)C1. The minimum atomic E-state index is -0.880. The largest absolute Gasteiger partial charge is 0.481 e. The Bertz CT molecular complexity index is 359. The molecule has 0 radical (unpaired) electrons. The number of nitrogens with zero attached hydrogens (tertiary/aromatic N) is 1. The lowest BCUT2D eigenvalue weighted by Crippen LogP contribution is -2.49. The van der Waals surface area contributed by atoms with Crippen LogP contribution in [0.1, 0.15) is 19.8 Å². The lowest BCUT2D eigenvalue weighted by atomic mass is 9.94. The summed E-state index contributed by atoms with van der Waals surface area (Å²) in [4.78, 5) is 25.3. The quantitative estimate of drug-likeness (QED) is 0.751. The number of hydrogen-bond acceptors (Lipinski definition) is 4. The summed E-state index contributed by atoms with van der Waals surface area (Å²) >= 11 is 0. The summed E-state index contributed by atoms with van der Waals surface area (Å²) in [6.07, 6.45) is 0.857. The molecule has 108 valence electrons. The lowest BCUT2D eigenvalue weighted by molar-refractivity contribution is -0.153. The van der Waals surface area contributed by atoms with E-state index in [0.717, 1.165) is 0 Å². The fourth-order valence-corrected chi connectivity index (χ4v) is 3.10. The third-order valence-electron chi connectivity index (χ3n) is 4.09. The van der Waals surface area contributed by atoms with Gasteiger partial charge in [0.2, 0.25) is 5.91 Å². The predicted molar refractivity (Wildman–Crippen MR) is 66.4 cm³/mol. The number of aliphatic carboxylic acids is 1. The van der Waals surface area contributed by atoms with Gasteiger partial charge < -0.3 is 19.8 Å². The van der Waals surface area contributed by atoms with Gasteiger partial charge in [0.15, 0.2) is 0 Å². The van der Waals surface area contributed by atoms with Crippen LogP contribution < -0.4 is 0 Å². The Morgan fingerprint density at radius 2 is 2.00 bits per heavy atom. The third kappa shape index (κ3) is 3.06. The monoisotopic (exact) mass is 271 g/mol. The summed E-state index contributed by atoms with van der Waals surface area (Å²) in [6, 6.07) is 0. The Morgan fingerprint density at radius 3 is 2.63 bits per heavy atom. The number of ether oxygens (including phenoxy) is 1. The van der Waals surface area contributed by atoms with Crippen molar-refractivity contribution in [3.8, 4) is 0 Å². The van der Waals surface area contributed by atoms with E-state index in [1.165, 1.54) is 0 Å². The van der Waals surface area contributed by atoms with Gasteiger partial charge in [0, 0.05) is 13.1 Å². The van der Waals surface area contributed by atoms with Gasteiger partial charge in [0.25, 0.3) is 0 Å². The minimum Gasteiger partial charge on any atom is -0.481 e. The number of carboxylic acid groups (broad SMARTS) is 1. The van der Waals surface area contributed by atoms with E-state index in [1.54, 1.807) is 4.90 Å². The zero-order valence-corrected chi connectivity index (χ0v) is 11.1. The summed E-state index contributed by atoms with van der Waals surface area (Å²) < 4.78 is 5.31. The number of carboxylic acids is 1. The minimum absolute atomic E-state index is 0.0986. The van der Waals surface area contributed by atoms with E-state index >= 15 is 0 Å². The first-order valence-electron chi connectivity index (χ1n) is 6.77. The molecule has 4 atom stereocenters. The molecular formula is C13H21NO5. The molecule has 1 saturated heterocycles. The van der Waals surface area contributed by atoms with Crippen molar-refractivity contribution in [2.45, 2.75) is 25.9 Å². The van der Waals surface area contributed by atoms with Crippen LogP contribution in [0.15, 0.2) is 0 Å². The number of aliphatic hydroxyl groups excluding tert-OH is 1. The molecule has 2 rings (SSSR count). The van der Waals surface area contributed by atoms with E-state index in [9.17, 15) is 14.7 Å². The predicted octanol–water partition coefficient (Wildman–Crippen LogP) is -0.0470. The smallest absolute Gasteiger partial charge is 0.307 e. The first-order chi connectivity index (χ1) is 9.02. The zero-order valence-electron chi connectivity index (χ0n) is 11.1. The molecule has 2 aliphatic rings. The molecule has 0 bridgehead atoms. The Labute approximate surface area is 112 Å². The van der Waals surface area contributed by atoms with Crippen LogP contribution >= 0.6 is 0 Å². The molecule has 1 saturated carbocycles. The molecule has 6 heteroatoms. The number of carbonyl (C=O) groups is 2. The number of morpholine rings is 1. The Kier molecular flexibility index (Phi) is 4.42. The topological polar surface area (TPSA) is 87.1 Å². The van der Waals surface area contributed by atoms with E-state index in [-0.39, 0.29) is 24.5 Å². The van der Waals surface area contributed by atoms with Gasteiger partial charge in [-0.25, -0.2) is 0 Å². The fraction of sp³-hybridized carbons (Fsp3) is 0.846. The highest BCUT2D eigenvalue weighted by molar-refractivity contribution is 5.85. The van der Waals surface area contributed by atoms with Gasteiger partial charge in [-0.1, -0.05) is 6.92 Å². The molecular weight excluding hydrogens is 250 g/mol. The van der Waals surface area contributed by atoms with Crippen LogP contribution in [-0.4, -0.2) is 59.4 Å². The van der Waals surface area contributed by atoms with Crippen molar-refractivity contribution in [2.24, 2.45) is 17.8 Å². The van der Waals surface area contributed by atoms with Crippen LogP contribution in [0, 0.1) is 17.8 Å². The Balaban J connectivity index is 2.03. The van der Waals surface area contributed by atoms with E-state index in [1.807, 2.05) is 6.92 Å². The second kappa shape index (κ2) is 5.88. The van der Waals surface area contributed by atoms with Crippen LogP contribution in [0.5, 0.6) is 0 Å². The van der Waals surface area contributed by atoms with Gasteiger partial charge in [0.1, 0.15) is 0 Å². The molecule has 0 spiro atoms. The van der Waals surface area contributed by atoms with Crippen molar-refractivity contribution < 1.29 is 24.5 Å². The van der Waals surface area contributed by atoms with Crippen molar-refractivity contribution in [2.75, 3.05) is 26.3 Å². The van der Waals surface area contributed by atoms with Gasteiger partial charge in [-0.15, -0.1) is 0 Å². The van der Waals surface area contributed by atoms with Crippen molar-refractivity contribution >= 4 is 11.9 Å². The van der Waals surface area contributed by atoms with Crippen LogP contribution in [0.3, 0.4) is 0 Å². The van der Waals surface area contributed by atoms with E-state index in [4.69, 9.17) is 9.84 Å². The molecule has 2 N–H and O–H groups in total. The van der Waals surface area contributed by atoms with Gasteiger partial charge in [-0.05, 0) is 18.8 Å². The normalized spacial score (nSPS) is 35.4. The second-order valence-corrected chi connectivity index (χ2v) is 5.59. The summed E-state index contributed by atoms with van der Waals surface area (Å²) in [7, 11) is 0. The van der Waals surface area contributed by atoms with E-state index in [2.05, 4.69) is 0 Å². The number of amides is 1. The standard InChI is InChI=1S/C13H21NO5/c1-8-4-10(11(5-8)13(17)18)12(16)14-2-3-19-9(6-14)7-15/h8-11,15H,2-7H2,1H3,(H,17,18)/t8?,9?,10-,11+/m0/s1. The highest BCUT2D eigenvalue weighted by Gasteiger charge is 2.43. The average Bonchev–Trinajstić information content (AvgIpc) is 2.80. The van der Waals surface area contributed by atoms with Gasteiger partial charge >= 0.3 is 5.97 Å². The van der Waals surface area contributed by atoms with Gasteiger partial charge in [0.05, 0.1) is 31.2 Å². The van der Waals surface area contributed by atoms with Gasteiger partial charge in [-0.2, -0.15) is 0 Å². The van der Waals surface area contributed by atoms with Crippen molar-refractivity contribution in [1.29, 1.82) is 0 Å². The zero-order chi connectivity index (χ0) is 14.0. The van der Waals surface area contributed by atoms with E-state index < -0.39 is 17.8 Å². The lowest BCUT2D eigenvalue weighted by Gasteiger charge is -2.34.